The SMILES string of the molecule is CC(C)Cc1ccncc1.CC(C)Cc1cnc[nH]1.CC(C)Cc1cncs1.CC(C)Cc1ncc[nH]1. The number of aromatic amines is 2. The normalized spacial score (nSPS) is 10.5. The van der Waals surface area contributed by atoms with Gasteiger partial charge in [-0.2, -0.15) is 0 Å². The lowest BCUT2D eigenvalue weighted by molar-refractivity contribution is 0.626. The number of H-pyrrole nitrogens is 2. The highest BCUT2D eigenvalue weighted by atomic mass is 32.1. The number of imidazole rings is 2. The van der Waals surface area contributed by atoms with Crippen LogP contribution in [0, 0.1) is 23.7 Å². The maximum Gasteiger partial charge on any atom is 0.106 e. The molecule has 4 heterocycles. The molecule has 0 saturated heterocycles. The Morgan fingerprint density at radius 1 is 0.676 bits per heavy atom. The van der Waals surface area contributed by atoms with Crippen LogP contribution in [0.2, 0.25) is 0 Å². The van der Waals surface area contributed by atoms with Gasteiger partial charge in [-0.3, -0.25) is 9.97 Å². The van der Waals surface area contributed by atoms with E-state index in [0.29, 0.717) is 11.8 Å². The summed E-state index contributed by atoms with van der Waals surface area (Å²) < 4.78 is 0. The maximum atomic E-state index is 4.10. The van der Waals surface area contributed by atoms with Crippen LogP contribution in [0.1, 0.15) is 77.3 Å². The van der Waals surface area contributed by atoms with Crippen LogP contribution >= 0.6 is 11.3 Å². The smallest absolute Gasteiger partial charge is 0.106 e. The van der Waals surface area contributed by atoms with Crippen molar-refractivity contribution in [2.45, 2.75) is 81.1 Å². The van der Waals surface area contributed by atoms with Gasteiger partial charge in [0.15, 0.2) is 0 Å². The molecule has 0 unspecified atom stereocenters. The lowest BCUT2D eigenvalue weighted by Crippen LogP contribution is -1.95. The highest BCUT2D eigenvalue weighted by Crippen LogP contribution is 2.11. The molecule has 37 heavy (non-hydrogen) atoms. The van der Waals surface area contributed by atoms with E-state index >= 15 is 0 Å². The third kappa shape index (κ3) is 18.1. The molecule has 0 saturated carbocycles. The Morgan fingerprint density at radius 2 is 1.32 bits per heavy atom. The molecular formula is C30H48N6S. The zero-order valence-corrected chi connectivity index (χ0v) is 24.9. The molecule has 0 radical (unpaired) electrons. The molecule has 0 amide bonds. The molecule has 204 valence electrons. The molecule has 2 N–H and O–H groups in total. The van der Waals surface area contributed by atoms with E-state index in [2.05, 4.69) is 97.4 Å². The van der Waals surface area contributed by atoms with Crippen molar-refractivity contribution in [1.82, 2.24) is 29.9 Å². The summed E-state index contributed by atoms with van der Waals surface area (Å²) in [7, 11) is 0. The zero-order chi connectivity index (χ0) is 27.5. The Balaban J connectivity index is 0.000000247. The van der Waals surface area contributed by atoms with Crippen LogP contribution in [0.3, 0.4) is 0 Å². The van der Waals surface area contributed by atoms with Gasteiger partial charge in [-0.25, -0.2) is 9.97 Å². The van der Waals surface area contributed by atoms with Crippen LogP contribution in [0.15, 0.2) is 61.2 Å². The standard InChI is InChI=1S/C9H13N.2C7H12N2.C7H11NS/c1-8(2)7-9-3-5-10-6-4-9;1-6(2)3-7-4-8-5-9-7;1-6(2)5-7-8-3-4-9-7;1-6(2)3-7-4-8-5-9-7/h3-6,8H,7H2,1-2H3;4-6H,3H2,1-2H3,(H,8,9);3-4,6H,5H2,1-2H3,(H,8,9);4-6H,3H2,1-2H3. The number of hydrogen-bond donors (Lipinski definition) is 2. The molecule has 0 aliphatic carbocycles. The van der Waals surface area contributed by atoms with Crippen molar-refractivity contribution in [3.05, 3.63) is 83.1 Å². The summed E-state index contributed by atoms with van der Waals surface area (Å²) in [6.07, 6.45) is 17.4. The lowest BCUT2D eigenvalue weighted by atomic mass is 10.0. The van der Waals surface area contributed by atoms with E-state index in [0.717, 1.165) is 36.9 Å². The maximum absolute atomic E-state index is 4.10. The van der Waals surface area contributed by atoms with Gasteiger partial charge in [0.25, 0.3) is 0 Å². The topological polar surface area (TPSA) is 83.1 Å². The van der Waals surface area contributed by atoms with E-state index in [9.17, 15) is 0 Å². The molecular weight excluding hydrogens is 476 g/mol. The fourth-order valence-corrected chi connectivity index (χ4v) is 4.18. The summed E-state index contributed by atoms with van der Waals surface area (Å²) in [5, 5.41) is 0. The summed E-state index contributed by atoms with van der Waals surface area (Å²) in [4.78, 5) is 23.5. The molecule has 0 atom stereocenters. The molecule has 4 aromatic heterocycles. The number of nitrogens with one attached hydrogen (secondary N) is 2. The van der Waals surface area contributed by atoms with Crippen LogP contribution in [-0.4, -0.2) is 29.9 Å². The summed E-state index contributed by atoms with van der Waals surface area (Å²) in [5.41, 5.74) is 4.49. The largest absolute Gasteiger partial charge is 0.349 e. The van der Waals surface area contributed by atoms with Gasteiger partial charge in [-0.1, -0.05) is 55.4 Å². The van der Waals surface area contributed by atoms with Crippen LogP contribution < -0.4 is 0 Å². The molecule has 4 aromatic rings. The number of rotatable bonds is 8. The van der Waals surface area contributed by atoms with E-state index in [4.69, 9.17) is 0 Å². The number of aromatic nitrogens is 6. The van der Waals surface area contributed by atoms with Crippen LogP contribution in [0.25, 0.3) is 0 Å². The molecule has 0 bridgehead atoms. The Bertz CT molecular complexity index is 881. The van der Waals surface area contributed by atoms with Crippen LogP contribution in [-0.2, 0) is 25.7 Å². The highest BCUT2D eigenvalue weighted by Gasteiger charge is 1.98. The lowest BCUT2D eigenvalue weighted by Gasteiger charge is -2.02. The third-order valence-corrected chi connectivity index (χ3v) is 5.63. The first-order chi connectivity index (χ1) is 17.7. The molecule has 0 aromatic carbocycles. The Labute approximate surface area is 228 Å². The van der Waals surface area contributed by atoms with Gasteiger partial charge < -0.3 is 9.97 Å². The number of pyridine rings is 1. The van der Waals surface area contributed by atoms with Crippen molar-refractivity contribution in [3.63, 3.8) is 0 Å². The molecule has 4 rings (SSSR count). The van der Waals surface area contributed by atoms with Gasteiger partial charge >= 0.3 is 0 Å². The number of thiazole rings is 1. The second-order valence-corrected chi connectivity index (χ2v) is 11.8. The minimum absolute atomic E-state index is 0.691. The first kappa shape index (κ1) is 32.2. The monoisotopic (exact) mass is 524 g/mol. The molecule has 0 spiro atoms. The summed E-state index contributed by atoms with van der Waals surface area (Å²) >= 11 is 1.74. The first-order valence-electron chi connectivity index (χ1n) is 13.4. The van der Waals surface area contributed by atoms with Crippen LogP contribution in [0.5, 0.6) is 0 Å². The van der Waals surface area contributed by atoms with E-state index < -0.39 is 0 Å². The second kappa shape index (κ2) is 19.3. The third-order valence-electron chi connectivity index (χ3n) is 4.83. The van der Waals surface area contributed by atoms with E-state index in [1.165, 1.54) is 22.6 Å². The Morgan fingerprint density at radius 3 is 1.78 bits per heavy atom. The molecule has 0 aliphatic heterocycles. The van der Waals surface area contributed by atoms with Crippen molar-refractivity contribution in [2.75, 3.05) is 0 Å². The van der Waals surface area contributed by atoms with Gasteiger partial charge in [-0.05, 0) is 60.6 Å². The van der Waals surface area contributed by atoms with E-state index in [1.807, 2.05) is 36.5 Å². The zero-order valence-electron chi connectivity index (χ0n) is 24.1. The predicted molar refractivity (Wildman–Crippen MR) is 158 cm³/mol. The van der Waals surface area contributed by atoms with Crippen LogP contribution in [0.4, 0.5) is 0 Å². The van der Waals surface area contributed by atoms with Gasteiger partial charge in [-0.15, -0.1) is 11.3 Å². The quantitative estimate of drug-likeness (QED) is 0.246. The Kier molecular flexibility index (Phi) is 16.8. The molecule has 7 heteroatoms. The average Bonchev–Trinajstić information content (AvgIpc) is 3.59. The minimum Gasteiger partial charge on any atom is -0.349 e. The minimum atomic E-state index is 0.691. The Hall–Kier alpha value is -2.80. The summed E-state index contributed by atoms with van der Waals surface area (Å²) in [6.45, 7) is 17.6. The van der Waals surface area contributed by atoms with Crippen molar-refractivity contribution >= 4 is 11.3 Å². The van der Waals surface area contributed by atoms with E-state index in [1.54, 1.807) is 23.9 Å². The van der Waals surface area contributed by atoms with E-state index in [-0.39, 0.29) is 0 Å². The van der Waals surface area contributed by atoms with Crippen molar-refractivity contribution in [2.24, 2.45) is 23.7 Å². The average molecular weight is 525 g/mol. The van der Waals surface area contributed by atoms with Crippen molar-refractivity contribution in [3.8, 4) is 0 Å². The number of hydrogen-bond acceptors (Lipinski definition) is 5. The second-order valence-electron chi connectivity index (χ2n) is 10.8. The number of nitrogens with zero attached hydrogens (tertiary/aromatic N) is 4. The molecule has 0 fully saturated rings. The first-order valence-corrected chi connectivity index (χ1v) is 14.2. The van der Waals surface area contributed by atoms with Crippen molar-refractivity contribution < 1.29 is 0 Å². The fourth-order valence-electron chi connectivity index (χ4n) is 3.37. The van der Waals surface area contributed by atoms with Gasteiger partial charge in [0.2, 0.25) is 0 Å². The summed E-state index contributed by atoms with van der Waals surface area (Å²) in [6, 6.07) is 4.14. The van der Waals surface area contributed by atoms with Gasteiger partial charge in [0, 0.05) is 54.2 Å². The highest BCUT2D eigenvalue weighted by molar-refractivity contribution is 7.09. The van der Waals surface area contributed by atoms with Crippen molar-refractivity contribution in [1.29, 1.82) is 0 Å². The van der Waals surface area contributed by atoms with Gasteiger partial charge in [0.1, 0.15) is 5.82 Å². The predicted octanol–water partition coefficient (Wildman–Crippen LogP) is 7.84. The fraction of sp³-hybridized carbons (Fsp3) is 0.533. The van der Waals surface area contributed by atoms with Gasteiger partial charge in [0.05, 0.1) is 11.8 Å². The summed E-state index contributed by atoms with van der Waals surface area (Å²) in [5.74, 6) is 3.99. The molecule has 0 aliphatic rings. The molecule has 6 nitrogen and oxygen atoms in total.